The number of hydrogen-bond donors (Lipinski definition) is 1. The first-order valence-corrected chi connectivity index (χ1v) is 11.7. The number of carbonyl (C=O) groups excluding carboxylic acids is 2. The molecule has 6 rings (SSSR count). The minimum absolute atomic E-state index is 0.0332. The van der Waals surface area contributed by atoms with E-state index in [0.717, 1.165) is 37.0 Å². The third kappa shape index (κ3) is 4.05. The quantitative estimate of drug-likeness (QED) is 0.778. The standard InChI is InChI=1S/C24H31ClN2O2/c25-20-3-1-2-19(11-20)23(29)27-6-4-21(5-7-27)26-22(28)15-24-12-16-8-17(13-24)10-18(9-16)14-24/h1-3,11,16-18,21H,4-10,12-15H2,(H,26,28). The second-order valence-corrected chi connectivity index (χ2v) is 10.7. The minimum atomic E-state index is 0.0332. The number of nitrogens with zero attached hydrogens (tertiary/aromatic N) is 1. The van der Waals surface area contributed by atoms with Gasteiger partial charge < -0.3 is 10.2 Å². The number of carbonyl (C=O) groups is 2. The lowest BCUT2D eigenvalue weighted by molar-refractivity contribution is -0.130. The maximum Gasteiger partial charge on any atom is 0.253 e. The average molecular weight is 415 g/mol. The van der Waals surface area contributed by atoms with Crippen LogP contribution in [0.4, 0.5) is 0 Å². The minimum Gasteiger partial charge on any atom is -0.353 e. The molecule has 1 aliphatic heterocycles. The molecule has 4 nitrogen and oxygen atoms in total. The highest BCUT2D eigenvalue weighted by Gasteiger charge is 2.51. The number of amides is 2. The summed E-state index contributed by atoms with van der Waals surface area (Å²) < 4.78 is 0. The Hall–Kier alpha value is -1.55. The monoisotopic (exact) mass is 414 g/mol. The molecule has 4 saturated carbocycles. The van der Waals surface area contributed by atoms with Crippen molar-refractivity contribution < 1.29 is 9.59 Å². The van der Waals surface area contributed by atoms with E-state index in [4.69, 9.17) is 11.6 Å². The van der Waals surface area contributed by atoms with Gasteiger partial charge in [-0.2, -0.15) is 0 Å². The normalized spacial score (nSPS) is 33.7. The van der Waals surface area contributed by atoms with Gasteiger partial charge in [0.25, 0.3) is 5.91 Å². The Morgan fingerprint density at radius 3 is 2.24 bits per heavy atom. The summed E-state index contributed by atoms with van der Waals surface area (Å²) in [5.74, 6) is 2.93. The van der Waals surface area contributed by atoms with Gasteiger partial charge in [0.15, 0.2) is 0 Å². The summed E-state index contributed by atoms with van der Waals surface area (Å²) in [7, 11) is 0. The highest BCUT2D eigenvalue weighted by atomic mass is 35.5. The molecule has 1 aromatic rings. The van der Waals surface area contributed by atoms with Crippen LogP contribution in [0.5, 0.6) is 0 Å². The summed E-state index contributed by atoms with van der Waals surface area (Å²) in [6.07, 6.45) is 10.5. The van der Waals surface area contributed by atoms with Crippen LogP contribution in [0.25, 0.3) is 0 Å². The van der Waals surface area contributed by atoms with Crippen LogP contribution in [0.2, 0.25) is 5.02 Å². The van der Waals surface area contributed by atoms with Crippen molar-refractivity contribution in [1.82, 2.24) is 10.2 Å². The van der Waals surface area contributed by atoms with Gasteiger partial charge in [-0.1, -0.05) is 17.7 Å². The molecule has 4 bridgehead atoms. The third-order valence-electron chi connectivity index (χ3n) is 7.92. The Bertz CT molecular complexity index is 765. The zero-order chi connectivity index (χ0) is 20.0. The van der Waals surface area contributed by atoms with Gasteiger partial charge in [0.2, 0.25) is 5.91 Å². The molecule has 1 saturated heterocycles. The molecule has 1 heterocycles. The molecule has 0 unspecified atom stereocenters. The molecule has 1 N–H and O–H groups in total. The van der Waals surface area contributed by atoms with E-state index in [1.807, 2.05) is 17.0 Å². The molecule has 29 heavy (non-hydrogen) atoms. The highest BCUT2D eigenvalue weighted by molar-refractivity contribution is 6.30. The first kappa shape index (κ1) is 19.4. The number of benzene rings is 1. The summed E-state index contributed by atoms with van der Waals surface area (Å²) in [5, 5.41) is 3.89. The Morgan fingerprint density at radius 2 is 1.66 bits per heavy atom. The van der Waals surface area contributed by atoms with Crippen LogP contribution in [-0.2, 0) is 4.79 Å². The van der Waals surface area contributed by atoms with Gasteiger partial charge >= 0.3 is 0 Å². The number of halogens is 1. The highest BCUT2D eigenvalue weighted by Crippen LogP contribution is 2.61. The Morgan fingerprint density at radius 1 is 1.03 bits per heavy atom. The second-order valence-electron chi connectivity index (χ2n) is 10.2. The summed E-state index contributed by atoms with van der Waals surface area (Å²) in [6.45, 7) is 1.38. The third-order valence-corrected chi connectivity index (χ3v) is 8.15. The molecule has 2 amide bonds. The van der Waals surface area contributed by atoms with Crippen LogP contribution in [-0.4, -0.2) is 35.8 Å². The van der Waals surface area contributed by atoms with Crippen molar-refractivity contribution >= 4 is 23.4 Å². The number of hydrogen-bond acceptors (Lipinski definition) is 2. The maximum atomic E-state index is 12.9. The molecular formula is C24H31ClN2O2. The van der Waals surface area contributed by atoms with E-state index in [9.17, 15) is 9.59 Å². The lowest BCUT2D eigenvalue weighted by Crippen LogP contribution is -2.50. The molecule has 0 radical (unpaired) electrons. The molecule has 1 aromatic carbocycles. The van der Waals surface area contributed by atoms with E-state index in [0.29, 0.717) is 29.1 Å². The van der Waals surface area contributed by atoms with Crippen molar-refractivity contribution in [2.75, 3.05) is 13.1 Å². The smallest absolute Gasteiger partial charge is 0.253 e. The molecule has 4 aliphatic carbocycles. The number of rotatable bonds is 4. The van der Waals surface area contributed by atoms with Gasteiger partial charge in [-0.25, -0.2) is 0 Å². The maximum absolute atomic E-state index is 12.9. The van der Waals surface area contributed by atoms with Gasteiger partial charge in [0, 0.05) is 36.1 Å². The van der Waals surface area contributed by atoms with Crippen molar-refractivity contribution in [3.63, 3.8) is 0 Å². The van der Waals surface area contributed by atoms with Gasteiger partial charge in [0.05, 0.1) is 0 Å². The van der Waals surface area contributed by atoms with Crippen LogP contribution < -0.4 is 5.32 Å². The van der Waals surface area contributed by atoms with Crippen LogP contribution in [0, 0.1) is 23.2 Å². The largest absolute Gasteiger partial charge is 0.353 e. The van der Waals surface area contributed by atoms with Crippen molar-refractivity contribution in [2.24, 2.45) is 23.2 Å². The van der Waals surface area contributed by atoms with Gasteiger partial charge in [0.1, 0.15) is 0 Å². The summed E-state index contributed by atoms with van der Waals surface area (Å²) in [6, 6.07) is 7.33. The molecule has 5 aliphatic rings. The van der Waals surface area contributed by atoms with Gasteiger partial charge in [-0.15, -0.1) is 0 Å². The second kappa shape index (κ2) is 7.61. The number of nitrogens with one attached hydrogen (secondary N) is 1. The van der Waals surface area contributed by atoms with Crippen LogP contribution in [0.3, 0.4) is 0 Å². The molecule has 0 aromatic heterocycles. The SMILES string of the molecule is O=C(CC12CC3CC(CC(C3)C1)C2)NC1CCN(C(=O)c2cccc(Cl)c2)CC1. The Balaban J connectivity index is 1.12. The number of likely N-dealkylation sites (tertiary alicyclic amines) is 1. The van der Waals surface area contributed by atoms with Crippen LogP contribution in [0.15, 0.2) is 24.3 Å². The molecule has 5 fully saturated rings. The summed E-state index contributed by atoms with van der Waals surface area (Å²) in [4.78, 5) is 27.4. The lowest BCUT2D eigenvalue weighted by atomic mass is 9.49. The van der Waals surface area contributed by atoms with Crippen molar-refractivity contribution in [3.8, 4) is 0 Å². The zero-order valence-electron chi connectivity index (χ0n) is 17.0. The Kier molecular flexibility index (Phi) is 5.09. The van der Waals surface area contributed by atoms with Crippen molar-refractivity contribution in [1.29, 1.82) is 0 Å². The molecule has 5 heteroatoms. The zero-order valence-corrected chi connectivity index (χ0v) is 17.8. The Labute approximate surface area is 178 Å². The van der Waals surface area contributed by atoms with E-state index in [1.165, 1.54) is 38.5 Å². The topological polar surface area (TPSA) is 49.4 Å². The molecular weight excluding hydrogens is 384 g/mol. The number of piperidine rings is 1. The van der Waals surface area contributed by atoms with Crippen LogP contribution in [0.1, 0.15) is 68.1 Å². The molecule has 0 atom stereocenters. The summed E-state index contributed by atoms with van der Waals surface area (Å²) in [5.41, 5.74) is 0.934. The predicted molar refractivity (Wildman–Crippen MR) is 114 cm³/mol. The first-order chi connectivity index (χ1) is 14.0. The van der Waals surface area contributed by atoms with Gasteiger partial charge in [-0.05, 0) is 92.7 Å². The molecule has 156 valence electrons. The van der Waals surface area contributed by atoms with Crippen LogP contribution >= 0.6 is 11.6 Å². The average Bonchev–Trinajstić information content (AvgIpc) is 2.66. The van der Waals surface area contributed by atoms with Crippen molar-refractivity contribution in [2.45, 2.75) is 63.8 Å². The van der Waals surface area contributed by atoms with E-state index in [2.05, 4.69) is 5.32 Å². The fourth-order valence-electron chi connectivity index (χ4n) is 7.16. The fraction of sp³-hybridized carbons (Fsp3) is 0.667. The van der Waals surface area contributed by atoms with E-state index in [-0.39, 0.29) is 17.9 Å². The van der Waals surface area contributed by atoms with E-state index >= 15 is 0 Å². The fourth-order valence-corrected chi connectivity index (χ4v) is 7.35. The predicted octanol–water partition coefficient (Wildman–Crippen LogP) is 4.67. The summed E-state index contributed by atoms with van der Waals surface area (Å²) >= 11 is 6.02. The first-order valence-electron chi connectivity index (χ1n) is 11.3. The van der Waals surface area contributed by atoms with E-state index in [1.54, 1.807) is 12.1 Å². The molecule has 0 spiro atoms. The van der Waals surface area contributed by atoms with E-state index < -0.39 is 0 Å². The van der Waals surface area contributed by atoms with Crippen molar-refractivity contribution in [3.05, 3.63) is 34.9 Å². The lowest BCUT2D eigenvalue weighted by Gasteiger charge is -2.56. The van der Waals surface area contributed by atoms with Gasteiger partial charge in [-0.3, -0.25) is 9.59 Å².